The summed E-state index contributed by atoms with van der Waals surface area (Å²) in [6.45, 7) is 7.90. The molecule has 3 heterocycles. The van der Waals surface area contributed by atoms with Gasteiger partial charge < -0.3 is 19.9 Å². The summed E-state index contributed by atoms with van der Waals surface area (Å²) >= 11 is 12.3. The fourth-order valence-electron chi connectivity index (χ4n) is 5.14. The molecule has 3 aromatic carbocycles. The molecule has 0 radical (unpaired) electrons. The molecule has 0 saturated carbocycles. The van der Waals surface area contributed by atoms with Gasteiger partial charge in [0.25, 0.3) is 0 Å². The Hall–Kier alpha value is -3.10. The second-order valence-corrected chi connectivity index (χ2v) is 10.5. The molecule has 1 aromatic heterocycles. The van der Waals surface area contributed by atoms with Gasteiger partial charge in [-0.05, 0) is 42.0 Å². The number of aromatic nitrogens is 2. The van der Waals surface area contributed by atoms with Gasteiger partial charge in [-0.2, -0.15) is 0 Å². The van der Waals surface area contributed by atoms with E-state index in [1.165, 1.54) is 11.3 Å². The molecule has 0 bridgehead atoms. The van der Waals surface area contributed by atoms with Crippen LogP contribution in [0.3, 0.4) is 0 Å². The third-order valence-electron chi connectivity index (χ3n) is 7.24. The zero-order valence-corrected chi connectivity index (χ0v) is 22.6. The molecule has 0 unspecified atom stereocenters. The van der Waals surface area contributed by atoms with E-state index in [2.05, 4.69) is 78.7 Å². The average molecular weight is 550 g/mol. The molecular weight excluding hydrogens is 519 g/mol. The van der Waals surface area contributed by atoms with Gasteiger partial charge in [-0.3, -0.25) is 4.90 Å². The van der Waals surface area contributed by atoms with Crippen molar-refractivity contribution in [2.45, 2.75) is 6.54 Å². The van der Waals surface area contributed by atoms with E-state index in [0.717, 1.165) is 87.1 Å². The summed E-state index contributed by atoms with van der Waals surface area (Å²) in [5, 5.41) is 16.2. The molecule has 9 heteroatoms. The number of ether oxygens (including phenoxy) is 1. The highest BCUT2D eigenvalue weighted by atomic mass is 35.5. The number of benzene rings is 3. The molecule has 4 aromatic rings. The fourth-order valence-corrected chi connectivity index (χ4v) is 5.46. The number of piperazine rings is 1. The van der Waals surface area contributed by atoms with Crippen LogP contribution in [0.4, 0.5) is 23.0 Å². The first-order valence-electron chi connectivity index (χ1n) is 13.0. The molecule has 6 rings (SSSR count). The molecule has 2 aliphatic rings. The first kappa shape index (κ1) is 25.2. The van der Waals surface area contributed by atoms with Crippen LogP contribution in [-0.2, 0) is 11.3 Å². The number of anilines is 4. The molecule has 2 fully saturated rings. The first-order chi connectivity index (χ1) is 18.6. The van der Waals surface area contributed by atoms with Crippen LogP contribution in [0, 0.1) is 0 Å². The van der Waals surface area contributed by atoms with Crippen molar-refractivity contribution in [1.82, 2.24) is 15.1 Å². The van der Waals surface area contributed by atoms with E-state index in [-0.39, 0.29) is 0 Å². The van der Waals surface area contributed by atoms with Gasteiger partial charge in [0.15, 0.2) is 11.6 Å². The molecule has 0 aliphatic carbocycles. The summed E-state index contributed by atoms with van der Waals surface area (Å²) in [5.74, 6) is 1.70. The molecule has 196 valence electrons. The largest absolute Gasteiger partial charge is 0.378 e. The van der Waals surface area contributed by atoms with E-state index in [1.54, 1.807) is 0 Å². The molecule has 38 heavy (non-hydrogen) atoms. The minimum atomic E-state index is 0.591. The zero-order valence-electron chi connectivity index (χ0n) is 21.1. The summed E-state index contributed by atoms with van der Waals surface area (Å²) in [5.41, 5.74) is 3.38. The lowest BCUT2D eigenvalue weighted by Gasteiger charge is -2.35. The summed E-state index contributed by atoms with van der Waals surface area (Å²) in [4.78, 5) is 7.12. The molecule has 2 aliphatic heterocycles. The Balaban J connectivity index is 1.15. The standard InChI is InChI=1S/C29H30Cl2N6O/c30-26-10-5-21(19-27(26)31)20-35-11-13-37(14-12-35)29-25-4-2-1-3-24(25)28(33-34-29)32-22-6-8-23(9-7-22)36-15-17-38-18-16-36/h1-10,19H,11-18,20H2,(H,32,33). The van der Waals surface area contributed by atoms with Crippen molar-refractivity contribution in [3.63, 3.8) is 0 Å². The van der Waals surface area contributed by atoms with E-state index < -0.39 is 0 Å². The zero-order chi connectivity index (χ0) is 25.9. The number of rotatable bonds is 6. The quantitative estimate of drug-likeness (QED) is 0.324. The van der Waals surface area contributed by atoms with Crippen molar-refractivity contribution in [2.24, 2.45) is 0 Å². The Labute approximate surface area is 232 Å². The predicted octanol–water partition coefficient (Wildman–Crippen LogP) is 5.84. The minimum absolute atomic E-state index is 0.591. The molecule has 7 nitrogen and oxygen atoms in total. The Morgan fingerprint density at radius 1 is 0.737 bits per heavy atom. The van der Waals surface area contributed by atoms with Crippen molar-refractivity contribution >= 4 is 57.0 Å². The van der Waals surface area contributed by atoms with Gasteiger partial charge in [-0.25, -0.2) is 0 Å². The Morgan fingerprint density at radius 3 is 2.21 bits per heavy atom. The van der Waals surface area contributed by atoms with E-state index in [4.69, 9.17) is 27.9 Å². The first-order valence-corrected chi connectivity index (χ1v) is 13.8. The number of halogens is 2. The van der Waals surface area contributed by atoms with E-state index in [9.17, 15) is 0 Å². The van der Waals surface area contributed by atoms with Gasteiger partial charge in [-0.1, -0.05) is 53.5 Å². The number of nitrogens with zero attached hydrogens (tertiary/aromatic N) is 5. The lowest BCUT2D eigenvalue weighted by atomic mass is 10.1. The van der Waals surface area contributed by atoms with Gasteiger partial charge in [0, 0.05) is 68.0 Å². The lowest BCUT2D eigenvalue weighted by Crippen LogP contribution is -2.46. The van der Waals surface area contributed by atoms with Crippen molar-refractivity contribution in [1.29, 1.82) is 0 Å². The predicted molar refractivity (Wildman–Crippen MR) is 156 cm³/mol. The number of nitrogens with one attached hydrogen (secondary N) is 1. The maximum absolute atomic E-state index is 6.21. The van der Waals surface area contributed by atoms with Gasteiger partial charge >= 0.3 is 0 Å². The normalized spacial score (nSPS) is 16.7. The third-order valence-corrected chi connectivity index (χ3v) is 7.98. The maximum Gasteiger partial charge on any atom is 0.161 e. The molecule has 0 amide bonds. The molecule has 0 spiro atoms. The average Bonchev–Trinajstić information content (AvgIpc) is 2.97. The van der Waals surface area contributed by atoms with Crippen molar-refractivity contribution in [3.05, 3.63) is 82.3 Å². The topological polar surface area (TPSA) is 56.8 Å². The molecule has 1 N–H and O–H groups in total. The van der Waals surface area contributed by atoms with E-state index in [1.807, 2.05) is 18.2 Å². The summed E-state index contributed by atoms with van der Waals surface area (Å²) in [6.07, 6.45) is 0. The molecule has 0 atom stereocenters. The fraction of sp³-hybridized carbons (Fsp3) is 0.310. The number of hydrogen-bond donors (Lipinski definition) is 1. The number of hydrogen-bond acceptors (Lipinski definition) is 7. The third kappa shape index (κ3) is 5.52. The van der Waals surface area contributed by atoms with Gasteiger partial charge in [0.2, 0.25) is 0 Å². The van der Waals surface area contributed by atoms with Gasteiger partial charge in [-0.15, -0.1) is 10.2 Å². The van der Waals surface area contributed by atoms with Crippen molar-refractivity contribution in [2.75, 3.05) is 67.6 Å². The summed E-state index contributed by atoms with van der Waals surface area (Å²) in [7, 11) is 0. The van der Waals surface area contributed by atoms with Crippen LogP contribution < -0.4 is 15.1 Å². The van der Waals surface area contributed by atoms with Crippen LogP contribution in [0.2, 0.25) is 10.0 Å². The number of fused-ring (bicyclic) bond motifs is 1. The van der Waals surface area contributed by atoms with Crippen molar-refractivity contribution < 1.29 is 4.74 Å². The monoisotopic (exact) mass is 548 g/mol. The molecule has 2 saturated heterocycles. The van der Waals surface area contributed by atoms with Gasteiger partial charge in [0.1, 0.15) is 0 Å². The highest BCUT2D eigenvalue weighted by Gasteiger charge is 2.21. The van der Waals surface area contributed by atoms with Crippen LogP contribution in [0.25, 0.3) is 10.8 Å². The van der Waals surface area contributed by atoms with Crippen LogP contribution in [0.15, 0.2) is 66.7 Å². The minimum Gasteiger partial charge on any atom is -0.378 e. The highest BCUT2D eigenvalue weighted by Crippen LogP contribution is 2.31. The van der Waals surface area contributed by atoms with E-state index >= 15 is 0 Å². The van der Waals surface area contributed by atoms with Gasteiger partial charge in [0.05, 0.1) is 23.3 Å². The second kappa shape index (κ2) is 11.3. The van der Waals surface area contributed by atoms with E-state index in [0.29, 0.717) is 10.0 Å². The van der Waals surface area contributed by atoms with Crippen LogP contribution in [0.5, 0.6) is 0 Å². The van der Waals surface area contributed by atoms with Crippen LogP contribution >= 0.6 is 23.2 Å². The Morgan fingerprint density at radius 2 is 1.47 bits per heavy atom. The van der Waals surface area contributed by atoms with Crippen molar-refractivity contribution in [3.8, 4) is 0 Å². The molecular formula is C29H30Cl2N6O. The highest BCUT2D eigenvalue weighted by molar-refractivity contribution is 6.42. The SMILES string of the molecule is Clc1ccc(CN2CCN(c3nnc(Nc4ccc(N5CCOCC5)cc4)c4ccccc34)CC2)cc1Cl. The summed E-state index contributed by atoms with van der Waals surface area (Å²) in [6, 6.07) is 22.7. The summed E-state index contributed by atoms with van der Waals surface area (Å²) < 4.78 is 5.47. The smallest absolute Gasteiger partial charge is 0.161 e. The second-order valence-electron chi connectivity index (χ2n) is 9.70. The van der Waals surface area contributed by atoms with Crippen LogP contribution in [0.1, 0.15) is 5.56 Å². The number of morpholine rings is 1. The van der Waals surface area contributed by atoms with Crippen LogP contribution in [-0.4, -0.2) is 67.6 Å². The Bertz CT molecular complexity index is 1400. The maximum atomic E-state index is 6.21. The Kier molecular flexibility index (Phi) is 7.51. The lowest BCUT2D eigenvalue weighted by molar-refractivity contribution is 0.122.